The molecule has 15 heavy (non-hydrogen) atoms. The van der Waals surface area contributed by atoms with Gasteiger partial charge in [-0.25, -0.2) is 0 Å². The zero-order valence-corrected chi connectivity index (χ0v) is 8.95. The molecular formula is C15H16. The molecule has 0 heterocycles. The molecule has 3 atom stereocenters. The molecule has 2 saturated carbocycles. The standard InChI is InChI=1S/C15H16/c1-2-4-12(5-3-1)6-8-14-10-13-7-9-15(14)11-13/h1-5,13-15H,7,9-11H2/t13-,14-,15-/m0/s1. The average Bonchev–Trinajstić information content (AvgIpc) is 2.89. The van der Waals surface area contributed by atoms with Crippen molar-refractivity contribution >= 4 is 0 Å². The van der Waals surface area contributed by atoms with Crippen LogP contribution < -0.4 is 0 Å². The van der Waals surface area contributed by atoms with E-state index in [2.05, 4.69) is 36.1 Å². The summed E-state index contributed by atoms with van der Waals surface area (Å²) in [4.78, 5) is 0. The van der Waals surface area contributed by atoms with Gasteiger partial charge in [0.2, 0.25) is 0 Å². The Hall–Kier alpha value is -1.22. The summed E-state index contributed by atoms with van der Waals surface area (Å²) in [6.07, 6.45) is 5.71. The van der Waals surface area contributed by atoms with Crippen molar-refractivity contribution in [3.05, 3.63) is 35.9 Å². The average molecular weight is 196 g/mol. The summed E-state index contributed by atoms with van der Waals surface area (Å²) in [5, 5.41) is 0. The van der Waals surface area contributed by atoms with Gasteiger partial charge in [-0.05, 0) is 43.2 Å². The monoisotopic (exact) mass is 196 g/mol. The van der Waals surface area contributed by atoms with Crippen molar-refractivity contribution in [2.45, 2.75) is 25.7 Å². The molecule has 0 radical (unpaired) electrons. The minimum absolute atomic E-state index is 0.698. The Morgan fingerprint density at radius 3 is 2.53 bits per heavy atom. The lowest BCUT2D eigenvalue weighted by Crippen LogP contribution is -2.07. The molecule has 0 unspecified atom stereocenters. The molecule has 0 aliphatic heterocycles. The number of benzene rings is 1. The van der Waals surface area contributed by atoms with E-state index in [1.807, 2.05) is 6.07 Å². The Balaban J connectivity index is 1.74. The lowest BCUT2D eigenvalue weighted by atomic mass is 9.89. The summed E-state index contributed by atoms with van der Waals surface area (Å²) < 4.78 is 0. The Labute approximate surface area is 91.7 Å². The maximum absolute atomic E-state index is 3.48. The molecule has 0 nitrogen and oxygen atoms in total. The van der Waals surface area contributed by atoms with Gasteiger partial charge in [0.1, 0.15) is 0 Å². The van der Waals surface area contributed by atoms with Crippen molar-refractivity contribution in [1.82, 2.24) is 0 Å². The second-order valence-electron chi connectivity index (χ2n) is 4.92. The third-order valence-electron chi connectivity index (χ3n) is 3.91. The molecule has 0 spiro atoms. The van der Waals surface area contributed by atoms with Gasteiger partial charge in [0.25, 0.3) is 0 Å². The summed E-state index contributed by atoms with van der Waals surface area (Å²) in [6, 6.07) is 10.4. The predicted molar refractivity (Wildman–Crippen MR) is 62.3 cm³/mol. The molecule has 0 aromatic heterocycles. The molecule has 76 valence electrons. The third-order valence-corrected chi connectivity index (χ3v) is 3.91. The van der Waals surface area contributed by atoms with Crippen molar-refractivity contribution in [1.29, 1.82) is 0 Å². The first-order valence-corrected chi connectivity index (χ1v) is 5.98. The van der Waals surface area contributed by atoms with Crippen LogP contribution in [0.2, 0.25) is 0 Å². The maximum atomic E-state index is 3.48. The summed E-state index contributed by atoms with van der Waals surface area (Å²) in [6.45, 7) is 0. The molecule has 0 heteroatoms. The van der Waals surface area contributed by atoms with Crippen LogP contribution >= 0.6 is 0 Å². The Bertz CT molecular complexity index is 393. The normalized spacial score (nSPS) is 32.4. The summed E-state index contributed by atoms with van der Waals surface area (Å²) in [7, 11) is 0. The quantitative estimate of drug-likeness (QED) is 0.557. The molecule has 0 saturated heterocycles. The number of rotatable bonds is 0. The van der Waals surface area contributed by atoms with Gasteiger partial charge in [-0.2, -0.15) is 0 Å². The second kappa shape index (κ2) is 3.74. The van der Waals surface area contributed by atoms with Crippen LogP contribution in [0, 0.1) is 29.6 Å². The fraction of sp³-hybridized carbons (Fsp3) is 0.467. The van der Waals surface area contributed by atoms with Crippen LogP contribution in [0.3, 0.4) is 0 Å². The molecule has 1 aromatic carbocycles. The van der Waals surface area contributed by atoms with Gasteiger partial charge >= 0.3 is 0 Å². The van der Waals surface area contributed by atoms with Gasteiger partial charge in [-0.3, -0.25) is 0 Å². The molecule has 0 N–H and O–H groups in total. The van der Waals surface area contributed by atoms with Crippen LogP contribution in [0.5, 0.6) is 0 Å². The highest BCUT2D eigenvalue weighted by atomic mass is 14.4. The van der Waals surface area contributed by atoms with Gasteiger partial charge in [0.05, 0.1) is 0 Å². The number of fused-ring (bicyclic) bond motifs is 2. The van der Waals surface area contributed by atoms with Gasteiger partial charge in [0.15, 0.2) is 0 Å². The van der Waals surface area contributed by atoms with E-state index in [0.29, 0.717) is 5.92 Å². The highest BCUT2D eigenvalue weighted by Gasteiger charge is 2.38. The van der Waals surface area contributed by atoms with E-state index < -0.39 is 0 Å². The minimum Gasteiger partial charge on any atom is -0.0942 e. The lowest BCUT2D eigenvalue weighted by Gasteiger charge is -2.15. The third kappa shape index (κ3) is 1.79. The van der Waals surface area contributed by atoms with E-state index in [-0.39, 0.29) is 0 Å². The summed E-state index contributed by atoms with van der Waals surface area (Å²) >= 11 is 0. The molecule has 2 bridgehead atoms. The van der Waals surface area contributed by atoms with E-state index in [4.69, 9.17) is 0 Å². The van der Waals surface area contributed by atoms with Gasteiger partial charge in [-0.1, -0.05) is 36.5 Å². The van der Waals surface area contributed by atoms with Crippen molar-refractivity contribution in [2.75, 3.05) is 0 Å². The minimum atomic E-state index is 0.698. The zero-order chi connectivity index (χ0) is 10.1. The molecule has 0 amide bonds. The maximum Gasteiger partial charge on any atom is 0.0245 e. The van der Waals surface area contributed by atoms with Crippen LogP contribution in [0.1, 0.15) is 31.2 Å². The summed E-state index contributed by atoms with van der Waals surface area (Å²) in [5.74, 6) is 9.43. The van der Waals surface area contributed by atoms with Crippen molar-refractivity contribution in [3.63, 3.8) is 0 Å². The first-order valence-electron chi connectivity index (χ1n) is 5.98. The van der Waals surface area contributed by atoms with Crippen LogP contribution in [-0.4, -0.2) is 0 Å². The topological polar surface area (TPSA) is 0 Å². The lowest BCUT2D eigenvalue weighted by molar-refractivity contribution is 0.406. The summed E-state index contributed by atoms with van der Waals surface area (Å²) in [5.41, 5.74) is 1.17. The largest absolute Gasteiger partial charge is 0.0942 e. The van der Waals surface area contributed by atoms with Gasteiger partial charge in [0, 0.05) is 11.5 Å². The molecule has 2 fully saturated rings. The van der Waals surface area contributed by atoms with E-state index >= 15 is 0 Å². The predicted octanol–water partition coefficient (Wildman–Crippen LogP) is 3.47. The SMILES string of the molecule is C(#C[C@H]1C[C@@H]2CC[C@H]1C2)c1ccccc1. The Morgan fingerprint density at radius 1 is 1.00 bits per heavy atom. The van der Waals surface area contributed by atoms with E-state index in [0.717, 1.165) is 11.8 Å². The van der Waals surface area contributed by atoms with E-state index in [9.17, 15) is 0 Å². The first kappa shape index (κ1) is 9.04. The first-order chi connectivity index (χ1) is 7.42. The number of hydrogen-bond donors (Lipinski definition) is 0. The Morgan fingerprint density at radius 2 is 1.87 bits per heavy atom. The fourth-order valence-corrected chi connectivity index (χ4v) is 3.12. The second-order valence-corrected chi connectivity index (χ2v) is 4.92. The highest BCUT2D eigenvalue weighted by molar-refractivity contribution is 5.34. The smallest absolute Gasteiger partial charge is 0.0245 e. The molecule has 2 aliphatic rings. The molecular weight excluding hydrogens is 180 g/mol. The van der Waals surface area contributed by atoms with E-state index in [1.54, 1.807) is 0 Å². The van der Waals surface area contributed by atoms with Crippen LogP contribution in [0.4, 0.5) is 0 Å². The van der Waals surface area contributed by atoms with Crippen molar-refractivity contribution in [3.8, 4) is 11.8 Å². The number of hydrogen-bond acceptors (Lipinski definition) is 0. The molecule has 3 rings (SSSR count). The van der Waals surface area contributed by atoms with Crippen LogP contribution in [0.15, 0.2) is 30.3 Å². The molecule has 1 aromatic rings. The highest BCUT2D eigenvalue weighted by Crippen LogP contribution is 2.47. The molecule has 2 aliphatic carbocycles. The Kier molecular flexibility index (Phi) is 2.25. The fourth-order valence-electron chi connectivity index (χ4n) is 3.12. The van der Waals surface area contributed by atoms with Crippen LogP contribution in [0.25, 0.3) is 0 Å². The zero-order valence-electron chi connectivity index (χ0n) is 8.95. The van der Waals surface area contributed by atoms with Gasteiger partial charge < -0.3 is 0 Å². The van der Waals surface area contributed by atoms with Gasteiger partial charge in [-0.15, -0.1) is 0 Å². The van der Waals surface area contributed by atoms with Crippen LogP contribution in [-0.2, 0) is 0 Å². The van der Waals surface area contributed by atoms with Crippen molar-refractivity contribution in [2.24, 2.45) is 17.8 Å². The van der Waals surface area contributed by atoms with Crippen molar-refractivity contribution < 1.29 is 0 Å². The van der Waals surface area contributed by atoms with E-state index in [1.165, 1.54) is 31.2 Å².